The molecular formula is C13H11ClFIN2O4. The van der Waals surface area contributed by atoms with Crippen LogP contribution in [0.3, 0.4) is 0 Å². The highest BCUT2D eigenvalue weighted by Gasteiger charge is 2.38. The molecule has 0 unspecified atom stereocenters. The van der Waals surface area contributed by atoms with Crippen LogP contribution < -0.4 is 4.74 Å². The van der Waals surface area contributed by atoms with Gasteiger partial charge in [-0.05, 0) is 28.7 Å². The zero-order valence-electron chi connectivity index (χ0n) is 11.2. The predicted octanol–water partition coefficient (Wildman–Crippen LogP) is 2.28. The molecule has 2 aliphatic heterocycles. The number of carbonyl (C=O) groups is 2. The molecular weight excluding hydrogens is 430 g/mol. The molecule has 9 heteroatoms. The summed E-state index contributed by atoms with van der Waals surface area (Å²) in [5.74, 6) is -1.17. The Labute approximate surface area is 143 Å². The van der Waals surface area contributed by atoms with Gasteiger partial charge in [0.2, 0.25) is 0 Å². The van der Waals surface area contributed by atoms with E-state index in [-0.39, 0.29) is 52.1 Å². The lowest BCUT2D eigenvalue weighted by molar-refractivity contribution is 0.0388. The fraction of sp³-hybridized carbons (Fsp3) is 0.385. The van der Waals surface area contributed by atoms with Gasteiger partial charge in [-0.25, -0.2) is 9.18 Å². The van der Waals surface area contributed by atoms with Gasteiger partial charge in [0.15, 0.2) is 11.6 Å². The lowest BCUT2D eigenvalue weighted by Crippen LogP contribution is -2.57. The van der Waals surface area contributed by atoms with Gasteiger partial charge in [0.1, 0.15) is 6.61 Å². The van der Waals surface area contributed by atoms with Crippen LogP contribution in [0.4, 0.5) is 9.18 Å². The number of fused-ring (bicyclic) bond motifs is 2. The molecule has 0 bridgehead atoms. The first-order valence-electron chi connectivity index (χ1n) is 6.49. The van der Waals surface area contributed by atoms with Gasteiger partial charge in [-0.3, -0.25) is 4.79 Å². The minimum absolute atomic E-state index is 0.0388. The third-order valence-corrected chi connectivity index (χ3v) is 5.45. The second-order valence-corrected chi connectivity index (χ2v) is 6.54. The molecule has 2 heterocycles. The van der Waals surface area contributed by atoms with Crippen LogP contribution in [0.1, 0.15) is 10.4 Å². The van der Waals surface area contributed by atoms with Crippen molar-refractivity contribution in [3.63, 3.8) is 0 Å². The van der Waals surface area contributed by atoms with Crippen molar-refractivity contribution in [2.45, 2.75) is 6.04 Å². The second-order valence-electron chi connectivity index (χ2n) is 5.06. The molecule has 3 rings (SSSR count). The second kappa shape index (κ2) is 5.73. The number of carbonyl (C=O) groups excluding carboxylic acids is 1. The van der Waals surface area contributed by atoms with E-state index in [0.717, 1.165) is 0 Å². The van der Waals surface area contributed by atoms with Crippen LogP contribution in [0.2, 0.25) is 5.02 Å². The molecule has 1 aromatic rings. The molecule has 0 aromatic heterocycles. The lowest BCUT2D eigenvalue weighted by atomic mass is 10.1. The number of ether oxygens (including phenoxy) is 1. The largest absolute Gasteiger partial charge is 0.487 e. The minimum Gasteiger partial charge on any atom is -0.487 e. The number of hydrogen-bond acceptors (Lipinski definition) is 3. The van der Waals surface area contributed by atoms with Crippen LogP contribution >= 0.6 is 34.2 Å². The maximum absolute atomic E-state index is 14.3. The van der Waals surface area contributed by atoms with Crippen molar-refractivity contribution >= 4 is 46.2 Å². The number of rotatable bonds is 0. The molecule has 1 fully saturated rings. The van der Waals surface area contributed by atoms with E-state index in [1.807, 2.05) is 0 Å². The van der Waals surface area contributed by atoms with Crippen LogP contribution in [0.25, 0.3) is 0 Å². The molecule has 22 heavy (non-hydrogen) atoms. The summed E-state index contributed by atoms with van der Waals surface area (Å²) < 4.78 is 19.9. The standard InChI is InChI=1S/C13H11ClFIN2O4/c14-8-3-7-11(9(15)10(8)16)22-5-6-4-17(13(20)21)1-2-18(6)12(7)19/h3,6H,1-2,4-5H2,(H,20,21)/t6-/m1/s1. The van der Waals surface area contributed by atoms with Crippen LogP contribution in [0, 0.1) is 9.39 Å². The molecule has 0 radical (unpaired) electrons. The van der Waals surface area contributed by atoms with Crippen LogP contribution in [0.5, 0.6) is 5.75 Å². The smallest absolute Gasteiger partial charge is 0.407 e. The minimum atomic E-state index is -1.04. The van der Waals surface area contributed by atoms with Crippen molar-refractivity contribution in [3.8, 4) is 5.75 Å². The van der Waals surface area contributed by atoms with E-state index in [9.17, 15) is 14.0 Å². The van der Waals surface area contributed by atoms with Gasteiger partial charge in [0, 0.05) is 19.6 Å². The fourth-order valence-electron chi connectivity index (χ4n) is 2.65. The topological polar surface area (TPSA) is 70.1 Å². The summed E-state index contributed by atoms with van der Waals surface area (Å²) in [6, 6.07) is 0.955. The van der Waals surface area contributed by atoms with Crippen LogP contribution in [-0.2, 0) is 0 Å². The Bertz CT molecular complexity index is 672. The van der Waals surface area contributed by atoms with E-state index in [0.29, 0.717) is 0 Å². The Morgan fingerprint density at radius 1 is 1.50 bits per heavy atom. The molecule has 2 amide bonds. The number of carboxylic acid groups (broad SMARTS) is 1. The van der Waals surface area contributed by atoms with E-state index in [2.05, 4.69) is 0 Å². The molecule has 2 aliphatic rings. The van der Waals surface area contributed by atoms with Crippen molar-refractivity contribution < 1.29 is 23.8 Å². The molecule has 1 atom stereocenters. The summed E-state index contributed by atoms with van der Waals surface area (Å²) in [6.45, 7) is 0.635. The normalized spacial score (nSPS) is 20.9. The Balaban J connectivity index is 1.98. The van der Waals surface area contributed by atoms with Crippen LogP contribution in [-0.4, -0.2) is 59.2 Å². The molecule has 1 aromatic carbocycles. The van der Waals surface area contributed by atoms with E-state index in [1.165, 1.54) is 15.9 Å². The van der Waals surface area contributed by atoms with Crippen molar-refractivity contribution in [1.29, 1.82) is 0 Å². The highest BCUT2D eigenvalue weighted by molar-refractivity contribution is 14.1. The van der Waals surface area contributed by atoms with E-state index >= 15 is 0 Å². The lowest BCUT2D eigenvalue weighted by Gasteiger charge is -2.38. The number of benzene rings is 1. The number of nitrogens with zero attached hydrogens (tertiary/aromatic N) is 2. The van der Waals surface area contributed by atoms with Gasteiger partial charge in [0.25, 0.3) is 5.91 Å². The Morgan fingerprint density at radius 2 is 2.23 bits per heavy atom. The van der Waals surface area contributed by atoms with Crippen molar-refractivity contribution in [3.05, 3.63) is 26.0 Å². The maximum atomic E-state index is 14.3. The molecule has 118 valence electrons. The number of halogens is 3. The molecule has 0 aliphatic carbocycles. The third kappa shape index (κ3) is 2.47. The molecule has 0 saturated carbocycles. The fourth-order valence-corrected chi connectivity index (χ4v) is 3.24. The highest BCUT2D eigenvalue weighted by Crippen LogP contribution is 2.35. The van der Waals surface area contributed by atoms with E-state index in [1.54, 1.807) is 22.6 Å². The first-order valence-corrected chi connectivity index (χ1v) is 7.95. The summed E-state index contributed by atoms with van der Waals surface area (Å²) >= 11 is 7.70. The Kier molecular flexibility index (Phi) is 4.06. The average molecular weight is 441 g/mol. The molecule has 1 N–H and O–H groups in total. The quantitative estimate of drug-likeness (QED) is 0.496. The van der Waals surface area contributed by atoms with Gasteiger partial charge >= 0.3 is 6.09 Å². The summed E-state index contributed by atoms with van der Waals surface area (Å²) in [5, 5.41) is 9.21. The van der Waals surface area contributed by atoms with Crippen molar-refractivity contribution in [2.24, 2.45) is 0 Å². The predicted molar refractivity (Wildman–Crippen MR) is 84.0 cm³/mol. The maximum Gasteiger partial charge on any atom is 0.407 e. The van der Waals surface area contributed by atoms with Crippen LogP contribution in [0.15, 0.2) is 6.07 Å². The SMILES string of the molecule is O=C(O)N1CCN2C(=O)c3cc(Cl)c(I)c(F)c3OC[C@H]2C1. The Hall–Kier alpha value is -1.29. The van der Waals surface area contributed by atoms with Gasteiger partial charge in [0.05, 0.1) is 20.2 Å². The van der Waals surface area contributed by atoms with E-state index in [4.69, 9.17) is 21.4 Å². The first kappa shape index (κ1) is 15.6. The van der Waals surface area contributed by atoms with Crippen molar-refractivity contribution in [1.82, 2.24) is 9.80 Å². The zero-order valence-corrected chi connectivity index (χ0v) is 14.1. The van der Waals surface area contributed by atoms with Gasteiger partial charge in [-0.15, -0.1) is 0 Å². The van der Waals surface area contributed by atoms with E-state index < -0.39 is 18.0 Å². The molecule has 1 saturated heterocycles. The van der Waals surface area contributed by atoms with Gasteiger partial charge in [-0.1, -0.05) is 11.6 Å². The average Bonchev–Trinajstić information content (AvgIpc) is 2.63. The van der Waals surface area contributed by atoms with Gasteiger partial charge < -0.3 is 19.6 Å². The molecule has 6 nitrogen and oxygen atoms in total. The third-order valence-electron chi connectivity index (χ3n) is 3.78. The zero-order chi connectivity index (χ0) is 16.0. The summed E-state index contributed by atoms with van der Waals surface area (Å²) in [6.07, 6.45) is -1.04. The highest BCUT2D eigenvalue weighted by atomic mass is 127. The summed E-state index contributed by atoms with van der Waals surface area (Å²) in [5.41, 5.74) is 0.0780. The first-order chi connectivity index (χ1) is 10.4. The monoisotopic (exact) mass is 440 g/mol. The Morgan fingerprint density at radius 3 is 2.91 bits per heavy atom. The van der Waals surface area contributed by atoms with Crippen molar-refractivity contribution in [2.75, 3.05) is 26.2 Å². The number of amides is 2. The number of piperazine rings is 1. The molecule has 0 spiro atoms. The summed E-state index contributed by atoms with van der Waals surface area (Å²) in [7, 11) is 0. The van der Waals surface area contributed by atoms with Gasteiger partial charge in [-0.2, -0.15) is 0 Å². The summed E-state index contributed by atoms with van der Waals surface area (Å²) in [4.78, 5) is 26.4. The number of hydrogen-bond donors (Lipinski definition) is 1.